The first-order valence-corrected chi connectivity index (χ1v) is 7.43. The highest BCUT2D eigenvalue weighted by Gasteiger charge is 2.31. The van der Waals surface area contributed by atoms with Crippen molar-refractivity contribution in [2.45, 2.75) is 45.9 Å². The number of carbonyl (C=O) groups excluding carboxylic acids is 1. The summed E-state index contributed by atoms with van der Waals surface area (Å²) < 4.78 is 5.61. The molecule has 1 aliphatic heterocycles. The summed E-state index contributed by atoms with van der Waals surface area (Å²) in [5, 5.41) is 2.99. The average Bonchev–Trinajstić information content (AvgIpc) is 2.43. The summed E-state index contributed by atoms with van der Waals surface area (Å²) in [5.41, 5.74) is 8.22. The Hall–Kier alpha value is -1.59. The van der Waals surface area contributed by atoms with Crippen molar-refractivity contribution in [2.24, 2.45) is 0 Å². The lowest BCUT2D eigenvalue weighted by Crippen LogP contribution is -2.54. The van der Waals surface area contributed by atoms with Gasteiger partial charge < -0.3 is 15.8 Å². The van der Waals surface area contributed by atoms with Crippen molar-refractivity contribution in [1.29, 1.82) is 0 Å². The van der Waals surface area contributed by atoms with E-state index in [1.165, 1.54) is 0 Å². The van der Waals surface area contributed by atoms with Gasteiger partial charge >= 0.3 is 0 Å². The maximum Gasteiger partial charge on any atom is 0.241 e. The molecule has 116 valence electrons. The zero-order valence-corrected chi connectivity index (χ0v) is 13.2. The highest BCUT2D eigenvalue weighted by molar-refractivity contribution is 5.95. The molecule has 0 aliphatic carbocycles. The number of nitrogens with one attached hydrogen (secondary N) is 1. The average molecular weight is 291 g/mol. The number of hydrogen-bond donors (Lipinski definition) is 2. The van der Waals surface area contributed by atoms with Crippen molar-refractivity contribution in [2.75, 3.05) is 24.2 Å². The van der Waals surface area contributed by atoms with Gasteiger partial charge in [-0.25, -0.2) is 0 Å². The van der Waals surface area contributed by atoms with Crippen LogP contribution < -0.4 is 11.1 Å². The minimum absolute atomic E-state index is 0.00354. The Bertz CT molecular complexity index is 518. The molecule has 1 aromatic carbocycles. The van der Waals surface area contributed by atoms with E-state index >= 15 is 0 Å². The van der Waals surface area contributed by atoms with E-state index in [0.717, 1.165) is 17.8 Å². The Kier molecular flexibility index (Phi) is 4.85. The molecule has 3 atom stereocenters. The van der Waals surface area contributed by atoms with Crippen LogP contribution in [0.15, 0.2) is 18.2 Å². The summed E-state index contributed by atoms with van der Waals surface area (Å²) in [4.78, 5) is 14.7. The van der Waals surface area contributed by atoms with E-state index in [9.17, 15) is 4.79 Å². The Morgan fingerprint density at radius 1 is 1.48 bits per heavy atom. The molecule has 3 N–H and O–H groups in total. The van der Waals surface area contributed by atoms with Crippen LogP contribution in [-0.2, 0) is 9.53 Å². The predicted molar refractivity (Wildman–Crippen MR) is 85.3 cm³/mol. The number of anilines is 2. The van der Waals surface area contributed by atoms with E-state index in [1.807, 2.05) is 32.9 Å². The van der Waals surface area contributed by atoms with Crippen LogP contribution >= 0.6 is 0 Å². The van der Waals surface area contributed by atoms with Crippen LogP contribution in [0.2, 0.25) is 0 Å². The van der Waals surface area contributed by atoms with Gasteiger partial charge in [-0.15, -0.1) is 0 Å². The standard InChI is InChI=1S/C16H25N3O2/c1-10-7-14(17)5-6-15(10)18-16(20)13(4)19-8-12(3)21-9-11(19)2/h5-7,11-13H,8-9,17H2,1-4H3,(H,18,20). The fourth-order valence-electron chi connectivity index (χ4n) is 2.68. The Balaban J connectivity index is 2.05. The molecule has 0 spiro atoms. The number of ether oxygens (including phenoxy) is 1. The normalized spacial score (nSPS) is 24.6. The van der Waals surface area contributed by atoms with Gasteiger partial charge in [-0.05, 0) is 51.5 Å². The van der Waals surface area contributed by atoms with Gasteiger partial charge in [0.2, 0.25) is 5.91 Å². The third-order valence-corrected chi connectivity index (χ3v) is 4.04. The Labute approximate surface area is 126 Å². The number of rotatable bonds is 3. The van der Waals surface area contributed by atoms with Gasteiger partial charge in [0.1, 0.15) is 0 Å². The van der Waals surface area contributed by atoms with Gasteiger partial charge in [0.25, 0.3) is 0 Å². The van der Waals surface area contributed by atoms with Crippen molar-refractivity contribution < 1.29 is 9.53 Å². The quantitative estimate of drug-likeness (QED) is 0.836. The monoisotopic (exact) mass is 291 g/mol. The van der Waals surface area contributed by atoms with E-state index in [4.69, 9.17) is 10.5 Å². The molecule has 3 unspecified atom stereocenters. The number of aryl methyl sites for hydroxylation is 1. The highest BCUT2D eigenvalue weighted by atomic mass is 16.5. The molecule has 1 aromatic rings. The second-order valence-electron chi connectivity index (χ2n) is 5.93. The molecule has 21 heavy (non-hydrogen) atoms. The van der Waals surface area contributed by atoms with Crippen molar-refractivity contribution in [3.05, 3.63) is 23.8 Å². The molecule has 2 rings (SSSR count). The first kappa shape index (κ1) is 15.8. The number of amides is 1. The van der Waals surface area contributed by atoms with E-state index in [0.29, 0.717) is 12.3 Å². The van der Waals surface area contributed by atoms with Crippen molar-refractivity contribution >= 4 is 17.3 Å². The largest absolute Gasteiger partial charge is 0.399 e. The summed E-state index contributed by atoms with van der Waals surface area (Å²) >= 11 is 0. The van der Waals surface area contributed by atoms with Gasteiger partial charge in [0, 0.05) is 24.0 Å². The van der Waals surface area contributed by atoms with Gasteiger partial charge in [-0.3, -0.25) is 9.69 Å². The van der Waals surface area contributed by atoms with Gasteiger partial charge in [0.05, 0.1) is 18.8 Å². The molecule has 1 amide bonds. The molecular formula is C16H25N3O2. The number of morpholine rings is 1. The zero-order chi connectivity index (χ0) is 15.6. The second kappa shape index (κ2) is 6.45. The van der Waals surface area contributed by atoms with E-state index in [2.05, 4.69) is 17.1 Å². The van der Waals surface area contributed by atoms with Crippen LogP contribution in [0, 0.1) is 6.92 Å². The fourth-order valence-corrected chi connectivity index (χ4v) is 2.68. The summed E-state index contributed by atoms with van der Waals surface area (Å²) in [7, 11) is 0. The Morgan fingerprint density at radius 2 is 2.19 bits per heavy atom. The first-order chi connectivity index (χ1) is 9.88. The highest BCUT2D eigenvalue weighted by Crippen LogP contribution is 2.20. The molecule has 0 radical (unpaired) electrons. The lowest BCUT2D eigenvalue weighted by atomic mass is 10.1. The molecule has 1 fully saturated rings. The van der Waals surface area contributed by atoms with Gasteiger partial charge in [-0.1, -0.05) is 0 Å². The summed E-state index contributed by atoms with van der Waals surface area (Å²) in [6.45, 7) is 9.44. The number of nitrogen functional groups attached to an aromatic ring is 1. The first-order valence-electron chi connectivity index (χ1n) is 7.43. The maximum atomic E-state index is 12.5. The Morgan fingerprint density at radius 3 is 2.86 bits per heavy atom. The smallest absolute Gasteiger partial charge is 0.241 e. The van der Waals surface area contributed by atoms with E-state index in [1.54, 1.807) is 6.07 Å². The van der Waals surface area contributed by atoms with Crippen LogP contribution in [0.1, 0.15) is 26.3 Å². The molecule has 0 saturated carbocycles. The number of benzene rings is 1. The fraction of sp³-hybridized carbons (Fsp3) is 0.562. The van der Waals surface area contributed by atoms with Gasteiger partial charge in [-0.2, -0.15) is 0 Å². The number of nitrogens with two attached hydrogens (primary N) is 1. The molecule has 1 saturated heterocycles. The van der Waals surface area contributed by atoms with Crippen molar-refractivity contribution in [1.82, 2.24) is 4.90 Å². The minimum atomic E-state index is -0.191. The molecule has 5 nitrogen and oxygen atoms in total. The summed E-state index contributed by atoms with van der Waals surface area (Å²) in [6, 6.07) is 5.56. The molecule has 5 heteroatoms. The molecule has 1 heterocycles. The maximum absolute atomic E-state index is 12.5. The van der Waals surface area contributed by atoms with Crippen LogP contribution in [0.4, 0.5) is 11.4 Å². The number of nitrogens with zero attached hydrogens (tertiary/aromatic N) is 1. The number of carbonyl (C=O) groups is 1. The lowest BCUT2D eigenvalue weighted by Gasteiger charge is -2.39. The molecule has 0 aromatic heterocycles. The third kappa shape index (κ3) is 3.74. The van der Waals surface area contributed by atoms with E-state index in [-0.39, 0.29) is 24.1 Å². The minimum Gasteiger partial charge on any atom is -0.399 e. The van der Waals surface area contributed by atoms with Gasteiger partial charge in [0.15, 0.2) is 0 Å². The SMILES string of the molecule is Cc1cc(N)ccc1NC(=O)C(C)N1CC(C)OCC1C. The second-order valence-corrected chi connectivity index (χ2v) is 5.93. The number of hydrogen-bond acceptors (Lipinski definition) is 4. The van der Waals surface area contributed by atoms with Crippen LogP contribution in [-0.4, -0.2) is 42.1 Å². The lowest BCUT2D eigenvalue weighted by molar-refractivity contribution is -0.126. The summed E-state index contributed by atoms with van der Waals surface area (Å²) in [6.07, 6.45) is 0.162. The van der Waals surface area contributed by atoms with Crippen molar-refractivity contribution in [3.63, 3.8) is 0 Å². The van der Waals surface area contributed by atoms with Crippen LogP contribution in [0.3, 0.4) is 0 Å². The topological polar surface area (TPSA) is 67.6 Å². The van der Waals surface area contributed by atoms with E-state index < -0.39 is 0 Å². The third-order valence-electron chi connectivity index (χ3n) is 4.04. The molecular weight excluding hydrogens is 266 g/mol. The molecule has 0 bridgehead atoms. The van der Waals surface area contributed by atoms with Crippen LogP contribution in [0.25, 0.3) is 0 Å². The zero-order valence-electron chi connectivity index (χ0n) is 13.2. The van der Waals surface area contributed by atoms with Crippen molar-refractivity contribution in [3.8, 4) is 0 Å². The molecule has 1 aliphatic rings. The predicted octanol–water partition coefficient (Wildman–Crippen LogP) is 2.01. The summed E-state index contributed by atoms with van der Waals surface area (Å²) in [5.74, 6) is 0.00354. The van der Waals surface area contributed by atoms with Crippen LogP contribution in [0.5, 0.6) is 0 Å².